The Bertz CT molecular complexity index is 1570. The zero-order valence-corrected chi connectivity index (χ0v) is 16.0. The lowest BCUT2D eigenvalue weighted by molar-refractivity contribution is -0.160. The number of carbonyl (C=O) groups excluding carboxylic acids is 1. The predicted octanol–water partition coefficient (Wildman–Crippen LogP) is 3.56. The van der Waals surface area contributed by atoms with E-state index in [0.717, 1.165) is 19.2 Å². The minimum atomic E-state index is -4.15. The van der Waals surface area contributed by atoms with E-state index in [2.05, 4.69) is 0 Å². The molecule has 0 spiro atoms. The number of aryl methyl sites for hydroxylation is 1. The summed E-state index contributed by atoms with van der Waals surface area (Å²) in [5.74, 6) is -14.0. The third-order valence-corrected chi connectivity index (χ3v) is 4.89. The lowest BCUT2D eigenvalue weighted by Crippen LogP contribution is -2.51. The molecule has 2 N–H and O–H groups in total. The molecule has 4 atom stereocenters. The third-order valence-electron chi connectivity index (χ3n) is 4.89. The van der Waals surface area contributed by atoms with Crippen LogP contribution in [0.25, 0.3) is 0 Å². The standard InChI is InChI=1S/C24H38N2O4/c1-14(2)9-17-13-26-8-7-16-10-21(28-5)22(29-6)11-18(16)19(26)12-20(17)30-24(27)23(25)15(3)4/h10-11,14-15,17,19-20,23H,7-9,12-13,25H2,1-6H3/t17?,19?,20?,23-/m0/s1/i1D3,2D3,3D3,4D3,6D3,7D2,8D2,9D2,14D,15D,23D. The smallest absolute Gasteiger partial charge is 0.323 e. The first-order valence-electron chi connectivity index (χ1n) is 20.8. The molecule has 2 heterocycles. The SMILES string of the molecule is [2H]C([2H])([2H])Oc1cc2c(cc1OC)C([2H])([2H])C([2H])([2H])N1CC(C([2H])([2H])C([2H])(C([2H])([2H])[2H])C([2H])([2H])[2H])C(OC(=O)[C@@]([2H])(N)C([2H])(C([2H])([2H])[2H])C([2H])([2H])[2H])CC21. The van der Waals surface area contributed by atoms with Crippen molar-refractivity contribution in [1.29, 1.82) is 0 Å². The van der Waals surface area contributed by atoms with Crippen LogP contribution in [0, 0.1) is 17.7 Å². The second kappa shape index (κ2) is 9.56. The van der Waals surface area contributed by atoms with Gasteiger partial charge in [0.25, 0.3) is 0 Å². The van der Waals surface area contributed by atoms with Crippen molar-refractivity contribution in [2.75, 3.05) is 27.2 Å². The molecule has 1 aromatic carbocycles. The van der Waals surface area contributed by atoms with Crippen LogP contribution in [0.1, 0.15) is 90.3 Å². The molecule has 3 unspecified atom stereocenters. The average Bonchev–Trinajstić information content (AvgIpc) is 2.95. The number of benzene rings is 1. The number of rotatable bonds is 7. The van der Waals surface area contributed by atoms with Gasteiger partial charge >= 0.3 is 5.97 Å². The van der Waals surface area contributed by atoms with E-state index in [-0.39, 0.29) is 11.3 Å². The summed E-state index contributed by atoms with van der Waals surface area (Å²) < 4.78 is 210. The zero-order chi connectivity index (χ0) is 42.6. The minimum absolute atomic E-state index is 0.302. The van der Waals surface area contributed by atoms with Gasteiger partial charge in [-0.05, 0) is 47.8 Å². The highest BCUT2D eigenvalue weighted by atomic mass is 16.5. The third kappa shape index (κ3) is 4.75. The van der Waals surface area contributed by atoms with Gasteiger partial charge in [0.2, 0.25) is 0 Å². The number of nitrogens with two attached hydrogens (primary N) is 1. The molecule has 1 fully saturated rings. The molecule has 6 heteroatoms. The van der Waals surface area contributed by atoms with Gasteiger partial charge < -0.3 is 19.9 Å². The molecule has 0 saturated carbocycles. The van der Waals surface area contributed by atoms with Gasteiger partial charge in [-0.1, -0.05) is 27.4 Å². The van der Waals surface area contributed by atoms with Crippen LogP contribution in [-0.4, -0.2) is 50.2 Å². The lowest BCUT2D eigenvalue weighted by atomic mass is 9.79. The molecule has 1 aromatic rings. The Morgan fingerprint density at radius 3 is 2.87 bits per heavy atom. The molecular formula is C24H38N2O4. The molecule has 0 bridgehead atoms. The first-order valence-corrected chi connectivity index (χ1v) is 8.79. The highest BCUT2D eigenvalue weighted by Crippen LogP contribution is 2.44. The summed E-state index contributed by atoms with van der Waals surface area (Å²) in [6, 6.07) is -3.88. The fraction of sp³-hybridized carbons (Fsp3) is 0.708. The summed E-state index contributed by atoms with van der Waals surface area (Å²) in [5, 5.41) is 0. The van der Waals surface area contributed by atoms with E-state index in [1.54, 1.807) is 0 Å². The summed E-state index contributed by atoms with van der Waals surface area (Å²) in [6.07, 6.45) is -10.4. The van der Waals surface area contributed by atoms with Crippen LogP contribution in [0.3, 0.4) is 0 Å². The van der Waals surface area contributed by atoms with E-state index >= 15 is 0 Å². The Balaban J connectivity index is 2.42. The molecule has 2 aliphatic heterocycles. The number of hydrogen-bond donors (Lipinski definition) is 1. The van der Waals surface area contributed by atoms with E-state index in [4.69, 9.17) is 52.8 Å². The van der Waals surface area contributed by atoms with Gasteiger partial charge in [-0.15, -0.1) is 0 Å². The Kier molecular flexibility index (Phi) is 2.27. The normalized spacial score (nSPS) is 44.4. The number of esters is 1. The summed E-state index contributed by atoms with van der Waals surface area (Å²) >= 11 is 0. The number of nitrogens with zero attached hydrogens (tertiary/aromatic N) is 1. The quantitative estimate of drug-likeness (QED) is 0.651. The van der Waals surface area contributed by atoms with Crippen molar-refractivity contribution in [3.63, 3.8) is 0 Å². The van der Waals surface area contributed by atoms with Crippen molar-refractivity contribution in [2.24, 2.45) is 23.4 Å². The van der Waals surface area contributed by atoms with Crippen LogP contribution in [0.5, 0.6) is 11.5 Å². The summed E-state index contributed by atoms with van der Waals surface area (Å²) in [6.45, 7) is -20.6. The van der Waals surface area contributed by atoms with E-state index in [1.165, 1.54) is 0 Å². The van der Waals surface area contributed by atoms with E-state index < -0.39 is 120 Å². The van der Waals surface area contributed by atoms with Gasteiger partial charge in [0.05, 0.1) is 19.6 Å². The van der Waals surface area contributed by atoms with Gasteiger partial charge in [-0.2, -0.15) is 0 Å². The van der Waals surface area contributed by atoms with Crippen molar-refractivity contribution in [3.05, 3.63) is 23.3 Å². The van der Waals surface area contributed by atoms with Gasteiger partial charge in [0.15, 0.2) is 11.5 Å². The maximum Gasteiger partial charge on any atom is 0.323 e. The Morgan fingerprint density at radius 1 is 1.37 bits per heavy atom. The van der Waals surface area contributed by atoms with Crippen LogP contribution in [-0.2, 0) is 15.9 Å². The van der Waals surface area contributed by atoms with Gasteiger partial charge in [0.1, 0.15) is 12.1 Å². The number of fused-ring (bicyclic) bond motifs is 3. The summed E-state index contributed by atoms with van der Waals surface area (Å²) in [4.78, 5) is 14.3. The second-order valence-electron chi connectivity index (χ2n) is 6.69. The Morgan fingerprint density at radius 2 is 2.17 bits per heavy atom. The maximum absolute atomic E-state index is 13.7. The molecule has 168 valence electrons. The van der Waals surface area contributed by atoms with Gasteiger partial charge in [0, 0.05) is 58.8 Å². The largest absolute Gasteiger partial charge is 0.493 e. The fourth-order valence-electron chi connectivity index (χ4n) is 3.47. The van der Waals surface area contributed by atoms with Crippen molar-refractivity contribution < 1.29 is 51.9 Å². The van der Waals surface area contributed by atoms with Gasteiger partial charge in [-0.3, -0.25) is 9.69 Å². The molecule has 3 rings (SSSR count). The Labute approximate surface area is 214 Å². The fourth-order valence-corrected chi connectivity index (χ4v) is 3.47. The van der Waals surface area contributed by atoms with E-state index in [9.17, 15) is 4.79 Å². The first kappa shape index (κ1) is 7.11. The molecule has 2 aliphatic rings. The number of piperidine rings is 1. The van der Waals surface area contributed by atoms with Crippen LogP contribution >= 0.6 is 0 Å². The molecule has 0 radical (unpaired) electrons. The molecular weight excluding hydrogens is 380 g/mol. The minimum Gasteiger partial charge on any atom is -0.493 e. The second-order valence-corrected chi connectivity index (χ2v) is 6.69. The highest BCUT2D eigenvalue weighted by molar-refractivity contribution is 5.76. The van der Waals surface area contributed by atoms with Crippen molar-refractivity contribution in [2.45, 2.75) is 64.7 Å². The molecule has 0 aromatic heterocycles. The summed E-state index contributed by atoms with van der Waals surface area (Å²) in [5.41, 5.74) is 4.87. The van der Waals surface area contributed by atoms with E-state index in [0.29, 0.717) is 4.90 Å². The topological polar surface area (TPSA) is 74.0 Å². The average molecular weight is 443 g/mol. The van der Waals surface area contributed by atoms with E-state index in [1.807, 2.05) is 0 Å². The van der Waals surface area contributed by atoms with Crippen molar-refractivity contribution in [1.82, 2.24) is 4.90 Å². The number of methoxy groups -OCH3 is 2. The monoisotopic (exact) mass is 442 g/mol. The molecule has 1 saturated heterocycles. The number of ether oxygens (including phenoxy) is 3. The number of carbonyl (C=O) groups is 1. The number of hydrogen-bond acceptors (Lipinski definition) is 6. The van der Waals surface area contributed by atoms with Crippen molar-refractivity contribution >= 4 is 5.97 Å². The Hall–Kier alpha value is -1.79. The van der Waals surface area contributed by atoms with Crippen LogP contribution in [0.15, 0.2) is 12.1 Å². The zero-order valence-electron chi connectivity index (χ0n) is 40.0. The molecule has 0 aliphatic carbocycles. The molecule has 6 nitrogen and oxygen atoms in total. The predicted molar refractivity (Wildman–Crippen MR) is 118 cm³/mol. The van der Waals surface area contributed by atoms with Crippen LogP contribution in [0.4, 0.5) is 0 Å². The highest BCUT2D eigenvalue weighted by Gasteiger charge is 2.41. The summed E-state index contributed by atoms with van der Waals surface area (Å²) in [7, 11) is -2.08. The first-order chi connectivity index (χ1) is 23.6. The van der Waals surface area contributed by atoms with Crippen molar-refractivity contribution in [3.8, 4) is 11.5 Å². The van der Waals surface area contributed by atoms with Crippen LogP contribution < -0.4 is 15.2 Å². The van der Waals surface area contributed by atoms with Crippen LogP contribution in [0.2, 0.25) is 0 Å². The van der Waals surface area contributed by atoms with Gasteiger partial charge in [-0.25, -0.2) is 0 Å². The molecule has 0 amide bonds. The molecule has 30 heavy (non-hydrogen) atoms. The maximum atomic E-state index is 13.7. The lowest BCUT2D eigenvalue weighted by Gasteiger charge is -2.47.